The van der Waals surface area contributed by atoms with Crippen LogP contribution in [0.1, 0.15) is 45.4 Å². The molecule has 1 aliphatic heterocycles. The van der Waals surface area contributed by atoms with E-state index >= 15 is 0 Å². The van der Waals surface area contributed by atoms with Crippen LogP contribution in [0.15, 0.2) is 0 Å². The average molecular weight is 252 g/mol. The Morgan fingerprint density at radius 2 is 1.78 bits per heavy atom. The van der Waals surface area contributed by atoms with Crippen LogP contribution in [0, 0.1) is 11.8 Å². The van der Waals surface area contributed by atoms with E-state index in [2.05, 4.69) is 17.1 Å². The topological polar surface area (TPSA) is 35.5 Å². The van der Waals surface area contributed by atoms with Crippen LogP contribution in [0.4, 0.5) is 0 Å². The van der Waals surface area contributed by atoms with E-state index in [0.717, 1.165) is 5.92 Å². The summed E-state index contributed by atoms with van der Waals surface area (Å²) in [7, 11) is 0. The molecule has 1 saturated heterocycles. The molecule has 1 unspecified atom stereocenters. The van der Waals surface area contributed by atoms with Gasteiger partial charge in [-0.1, -0.05) is 0 Å². The molecule has 0 spiro atoms. The van der Waals surface area contributed by atoms with E-state index in [4.69, 9.17) is 0 Å². The van der Waals surface area contributed by atoms with Crippen molar-refractivity contribution in [1.82, 2.24) is 10.2 Å². The van der Waals surface area contributed by atoms with Crippen molar-refractivity contribution in [3.05, 3.63) is 0 Å². The molecule has 3 rings (SSSR count). The predicted octanol–water partition coefficient (Wildman–Crippen LogP) is 1.61. The maximum Gasteiger partial charge on any atom is 0.0613 e. The number of likely N-dealkylation sites (tertiary alicyclic amines) is 1. The van der Waals surface area contributed by atoms with Gasteiger partial charge in [0.25, 0.3) is 0 Å². The molecule has 3 nitrogen and oxygen atoms in total. The van der Waals surface area contributed by atoms with Crippen LogP contribution < -0.4 is 5.32 Å². The van der Waals surface area contributed by atoms with Crippen LogP contribution >= 0.6 is 0 Å². The van der Waals surface area contributed by atoms with Crippen LogP contribution in [-0.4, -0.2) is 47.8 Å². The maximum absolute atomic E-state index is 9.63. The zero-order chi connectivity index (χ0) is 12.6. The molecule has 0 radical (unpaired) electrons. The van der Waals surface area contributed by atoms with Crippen LogP contribution in [0.25, 0.3) is 0 Å². The molecule has 1 heterocycles. The Morgan fingerprint density at radius 1 is 1.11 bits per heavy atom. The molecule has 2 N–H and O–H groups in total. The molecule has 1 atom stereocenters. The van der Waals surface area contributed by atoms with E-state index in [1.807, 2.05) is 0 Å². The highest BCUT2D eigenvalue weighted by atomic mass is 16.3. The molecule has 18 heavy (non-hydrogen) atoms. The van der Waals surface area contributed by atoms with Gasteiger partial charge in [-0.05, 0) is 70.4 Å². The largest absolute Gasteiger partial charge is 0.394 e. The van der Waals surface area contributed by atoms with Crippen molar-refractivity contribution < 1.29 is 5.11 Å². The first-order chi connectivity index (χ1) is 8.69. The highest BCUT2D eigenvalue weighted by molar-refractivity contribution is 4.99. The number of hydrogen-bond acceptors (Lipinski definition) is 3. The lowest BCUT2D eigenvalue weighted by atomic mass is 9.93. The lowest BCUT2D eigenvalue weighted by molar-refractivity contribution is 0.114. The van der Waals surface area contributed by atoms with Gasteiger partial charge in [0.2, 0.25) is 0 Å². The summed E-state index contributed by atoms with van der Waals surface area (Å²) >= 11 is 0. The van der Waals surface area contributed by atoms with Gasteiger partial charge in [0.05, 0.1) is 6.61 Å². The standard InChI is InChI=1S/C15H28N2O/c1-15(11-18,13-4-5-13)16-14-6-8-17(9-7-14)10-12-2-3-12/h12-14,16,18H,2-11H2,1H3. The lowest BCUT2D eigenvalue weighted by Crippen LogP contribution is -2.55. The fourth-order valence-corrected chi connectivity index (χ4v) is 3.40. The van der Waals surface area contributed by atoms with Gasteiger partial charge in [0, 0.05) is 18.1 Å². The molecule has 2 saturated carbocycles. The SMILES string of the molecule is CC(CO)(NC1CCN(CC2CC2)CC1)C1CC1. The summed E-state index contributed by atoms with van der Waals surface area (Å²) in [6.45, 7) is 6.34. The molecule has 3 aliphatic rings. The quantitative estimate of drug-likeness (QED) is 0.754. The Morgan fingerprint density at radius 3 is 2.28 bits per heavy atom. The van der Waals surface area contributed by atoms with E-state index in [1.165, 1.54) is 58.2 Å². The third-order valence-corrected chi connectivity index (χ3v) is 5.14. The monoisotopic (exact) mass is 252 g/mol. The minimum Gasteiger partial charge on any atom is -0.394 e. The van der Waals surface area contributed by atoms with Gasteiger partial charge in [0.1, 0.15) is 0 Å². The van der Waals surface area contributed by atoms with Crippen LogP contribution in [-0.2, 0) is 0 Å². The second-order valence-corrected chi connectivity index (χ2v) is 7.01. The van der Waals surface area contributed by atoms with E-state index in [-0.39, 0.29) is 5.54 Å². The molecule has 0 aromatic heterocycles. The molecule has 3 fully saturated rings. The molecule has 0 aromatic carbocycles. The van der Waals surface area contributed by atoms with E-state index < -0.39 is 0 Å². The second-order valence-electron chi connectivity index (χ2n) is 7.01. The number of nitrogens with one attached hydrogen (secondary N) is 1. The predicted molar refractivity (Wildman–Crippen MR) is 73.5 cm³/mol. The number of aliphatic hydroxyl groups excluding tert-OH is 1. The van der Waals surface area contributed by atoms with Crippen molar-refractivity contribution in [1.29, 1.82) is 0 Å². The van der Waals surface area contributed by atoms with Gasteiger partial charge in [-0.15, -0.1) is 0 Å². The van der Waals surface area contributed by atoms with Gasteiger partial charge in [0.15, 0.2) is 0 Å². The molecule has 3 heteroatoms. The van der Waals surface area contributed by atoms with Crippen molar-refractivity contribution in [3.63, 3.8) is 0 Å². The number of rotatable bonds is 6. The lowest BCUT2D eigenvalue weighted by Gasteiger charge is -2.39. The van der Waals surface area contributed by atoms with Crippen molar-refractivity contribution in [2.24, 2.45) is 11.8 Å². The summed E-state index contributed by atoms with van der Waals surface area (Å²) in [5, 5.41) is 13.4. The van der Waals surface area contributed by atoms with Gasteiger partial charge in [-0.25, -0.2) is 0 Å². The van der Waals surface area contributed by atoms with E-state index in [0.29, 0.717) is 18.6 Å². The summed E-state index contributed by atoms with van der Waals surface area (Å²) in [6, 6.07) is 0.623. The first kappa shape index (κ1) is 12.9. The van der Waals surface area contributed by atoms with Crippen LogP contribution in [0.2, 0.25) is 0 Å². The van der Waals surface area contributed by atoms with Crippen molar-refractivity contribution >= 4 is 0 Å². The van der Waals surface area contributed by atoms with E-state index in [9.17, 15) is 5.11 Å². The van der Waals surface area contributed by atoms with Gasteiger partial charge >= 0.3 is 0 Å². The fraction of sp³-hybridized carbons (Fsp3) is 1.00. The third-order valence-electron chi connectivity index (χ3n) is 5.14. The number of piperidine rings is 1. The van der Waals surface area contributed by atoms with Crippen LogP contribution in [0.3, 0.4) is 0 Å². The van der Waals surface area contributed by atoms with E-state index in [1.54, 1.807) is 0 Å². The second kappa shape index (κ2) is 5.10. The summed E-state index contributed by atoms with van der Waals surface area (Å²) in [5.41, 5.74) is -0.0106. The smallest absolute Gasteiger partial charge is 0.0613 e. The highest BCUT2D eigenvalue weighted by Gasteiger charge is 2.42. The molecule has 2 aliphatic carbocycles. The zero-order valence-corrected chi connectivity index (χ0v) is 11.7. The average Bonchev–Trinajstić information content (AvgIpc) is 3.24. The highest BCUT2D eigenvalue weighted by Crippen LogP contribution is 2.40. The minimum absolute atomic E-state index is 0.0106. The zero-order valence-electron chi connectivity index (χ0n) is 11.7. The molecule has 0 bridgehead atoms. The summed E-state index contributed by atoms with van der Waals surface area (Å²) in [6.07, 6.45) is 8.03. The minimum atomic E-state index is -0.0106. The molecular formula is C15H28N2O. The Hall–Kier alpha value is -0.120. The van der Waals surface area contributed by atoms with Crippen molar-refractivity contribution in [2.75, 3.05) is 26.2 Å². The number of nitrogens with zero attached hydrogens (tertiary/aromatic N) is 1. The van der Waals surface area contributed by atoms with Gasteiger partial charge in [-0.3, -0.25) is 0 Å². The Balaban J connectivity index is 1.43. The van der Waals surface area contributed by atoms with Gasteiger partial charge in [-0.2, -0.15) is 0 Å². The molecule has 0 aromatic rings. The number of hydrogen-bond donors (Lipinski definition) is 2. The first-order valence-electron chi connectivity index (χ1n) is 7.80. The summed E-state index contributed by atoms with van der Waals surface area (Å²) in [5.74, 6) is 1.73. The Bertz CT molecular complexity index is 280. The Kier molecular flexibility index (Phi) is 3.65. The first-order valence-corrected chi connectivity index (χ1v) is 7.80. The molecule has 0 amide bonds. The molecule has 104 valence electrons. The van der Waals surface area contributed by atoms with Gasteiger partial charge < -0.3 is 15.3 Å². The summed E-state index contributed by atoms with van der Waals surface area (Å²) in [4.78, 5) is 2.64. The van der Waals surface area contributed by atoms with Crippen LogP contribution in [0.5, 0.6) is 0 Å². The maximum atomic E-state index is 9.63. The third kappa shape index (κ3) is 3.06. The fourth-order valence-electron chi connectivity index (χ4n) is 3.40. The van der Waals surface area contributed by atoms with Crippen molar-refractivity contribution in [2.45, 2.75) is 57.0 Å². The number of aliphatic hydroxyl groups is 1. The summed E-state index contributed by atoms with van der Waals surface area (Å²) < 4.78 is 0. The molecular weight excluding hydrogens is 224 g/mol. The van der Waals surface area contributed by atoms with Crippen molar-refractivity contribution in [3.8, 4) is 0 Å². The normalized spacial score (nSPS) is 30.3. The Labute approximate surface area is 111 Å².